The Labute approximate surface area is 84.9 Å². The lowest BCUT2D eigenvalue weighted by atomic mass is 10.3. The maximum atomic E-state index is 11.1. The van der Waals surface area contributed by atoms with Gasteiger partial charge in [-0.15, -0.1) is 0 Å². The van der Waals surface area contributed by atoms with Crippen LogP contribution in [-0.2, 0) is 9.53 Å². The highest BCUT2D eigenvalue weighted by Gasteiger charge is 2.14. The molecule has 0 rings (SSSR count). The van der Waals surface area contributed by atoms with Crippen molar-refractivity contribution < 1.29 is 9.53 Å². The number of allylic oxidation sites excluding steroid dienone is 1. The summed E-state index contributed by atoms with van der Waals surface area (Å²) in [5.74, 6) is 0.181. The summed E-state index contributed by atoms with van der Waals surface area (Å²) in [6, 6.07) is -0.316. The van der Waals surface area contributed by atoms with Crippen molar-refractivity contribution in [3.8, 4) is 0 Å². The second-order valence-corrected chi connectivity index (χ2v) is 3.31. The van der Waals surface area contributed by atoms with Crippen LogP contribution in [0.15, 0.2) is 11.6 Å². The maximum Gasteiger partial charge on any atom is 0.323 e. The summed E-state index contributed by atoms with van der Waals surface area (Å²) >= 11 is 4.05. The minimum Gasteiger partial charge on any atom is -0.468 e. The highest BCUT2D eigenvalue weighted by atomic mass is 32.1. The number of hydrogen-bond acceptors (Lipinski definition) is 4. The number of hydrogen-bond donors (Lipinski definition) is 2. The summed E-state index contributed by atoms with van der Waals surface area (Å²) in [6.45, 7) is 4.69. The van der Waals surface area contributed by atoms with E-state index in [4.69, 9.17) is 0 Å². The number of methoxy groups -OCH3 is 1. The van der Waals surface area contributed by atoms with Crippen molar-refractivity contribution in [3.05, 3.63) is 11.6 Å². The summed E-state index contributed by atoms with van der Waals surface area (Å²) < 4.78 is 4.59. The molecular formula is C9H17NO2S. The Balaban J connectivity index is 3.86. The summed E-state index contributed by atoms with van der Waals surface area (Å²) in [6.07, 6.45) is 2.01. The number of ether oxygens (including phenoxy) is 1. The Morgan fingerprint density at radius 3 is 2.62 bits per heavy atom. The van der Waals surface area contributed by atoms with E-state index in [1.165, 1.54) is 12.7 Å². The van der Waals surface area contributed by atoms with E-state index in [9.17, 15) is 4.79 Å². The predicted molar refractivity (Wildman–Crippen MR) is 57.1 cm³/mol. The third kappa shape index (κ3) is 5.71. The molecule has 4 heteroatoms. The number of carbonyl (C=O) groups is 1. The van der Waals surface area contributed by atoms with Gasteiger partial charge in [-0.1, -0.05) is 11.6 Å². The minimum atomic E-state index is -0.316. The molecular weight excluding hydrogens is 186 g/mol. The Kier molecular flexibility index (Phi) is 6.72. The lowest BCUT2D eigenvalue weighted by Crippen LogP contribution is -2.39. The van der Waals surface area contributed by atoms with E-state index in [-0.39, 0.29) is 12.0 Å². The Morgan fingerprint density at radius 1 is 1.62 bits per heavy atom. The fourth-order valence-electron chi connectivity index (χ4n) is 0.770. The Morgan fingerprint density at radius 2 is 2.23 bits per heavy atom. The van der Waals surface area contributed by atoms with Crippen LogP contribution in [0.5, 0.6) is 0 Å². The molecule has 1 atom stereocenters. The molecule has 0 heterocycles. The van der Waals surface area contributed by atoms with Crippen molar-refractivity contribution in [2.45, 2.75) is 19.9 Å². The molecule has 0 amide bonds. The summed E-state index contributed by atoms with van der Waals surface area (Å²) in [4.78, 5) is 11.1. The number of carbonyl (C=O) groups excluding carboxylic acids is 1. The van der Waals surface area contributed by atoms with Crippen LogP contribution in [0, 0.1) is 0 Å². The molecule has 0 saturated carbocycles. The maximum absolute atomic E-state index is 11.1. The van der Waals surface area contributed by atoms with E-state index in [1.807, 2.05) is 19.9 Å². The highest BCUT2D eigenvalue weighted by molar-refractivity contribution is 7.80. The molecule has 0 aromatic carbocycles. The Hall–Kier alpha value is -0.480. The first-order chi connectivity index (χ1) is 6.11. The number of rotatable bonds is 5. The second-order valence-electron chi connectivity index (χ2n) is 2.95. The molecule has 0 bridgehead atoms. The standard InChI is InChI=1S/C9H17NO2S/c1-7(2)4-5-10-8(6-13)9(11)12-3/h4,8,10,13H,5-6H2,1-3H3/t8-/m0/s1. The highest BCUT2D eigenvalue weighted by Crippen LogP contribution is 1.92. The molecule has 1 N–H and O–H groups in total. The van der Waals surface area contributed by atoms with Crippen LogP contribution < -0.4 is 5.32 Å². The predicted octanol–water partition coefficient (Wildman–Crippen LogP) is 1.01. The fraction of sp³-hybridized carbons (Fsp3) is 0.667. The molecule has 0 aromatic heterocycles. The first-order valence-corrected chi connectivity index (χ1v) is 4.80. The molecule has 0 aliphatic heterocycles. The molecule has 76 valence electrons. The second kappa shape index (κ2) is 6.97. The molecule has 0 spiro atoms. The molecule has 0 saturated heterocycles. The number of nitrogens with one attached hydrogen (secondary N) is 1. The van der Waals surface area contributed by atoms with Gasteiger partial charge in [-0.3, -0.25) is 4.79 Å². The van der Waals surface area contributed by atoms with Crippen molar-refractivity contribution in [2.24, 2.45) is 0 Å². The van der Waals surface area contributed by atoms with E-state index in [1.54, 1.807) is 0 Å². The third-order valence-corrected chi connectivity index (χ3v) is 1.91. The van der Waals surface area contributed by atoms with Gasteiger partial charge in [0.25, 0.3) is 0 Å². The molecule has 0 unspecified atom stereocenters. The van der Waals surface area contributed by atoms with E-state index in [0.29, 0.717) is 12.3 Å². The molecule has 0 aromatic rings. The van der Waals surface area contributed by atoms with Crippen LogP contribution >= 0.6 is 12.6 Å². The van der Waals surface area contributed by atoms with Crippen LogP contribution in [0.4, 0.5) is 0 Å². The van der Waals surface area contributed by atoms with Crippen LogP contribution in [0.2, 0.25) is 0 Å². The van der Waals surface area contributed by atoms with Crippen molar-refractivity contribution in [1.82, 2.24) is 5.32 Å². The zero-order chi connectivity index (χ0) is 10.3. The van der Waals surface area contributed by atoms with Crippen molar-refractivity contribution in [3.63, 3.8) is 0 Å². The SMILES string of the molecule is COC(=O)[C@H](CS)NCC=C(C)C. The van der Waals surface area contributed by atoms with E-state index >= 15 is 0 Å². The lowest BCUT2D eigenvalue weighted by Gasteiger charge is -2.12. The van der Waals surface area contributed by atoms with Crippen molar-refractivity contribution in [2.75, 3.05) is 19.4 Å². The summed E-state index contributed by atoms with van der Waals surface area (Å²) in [7, 11) is 1.38. The monoisotopic (exact) mass is 203 g/mol. The molecule has 0 aliphatic carbocycles. The van der Waals surface area contributed by atoms with Crippen LogP contribution in [-0.4, -0.2) is 31.4 Å². The molecule has 0 aliphatic rings. The van der Waals surface area contributed by atoms with Crippen LogP contribution in [0.3, 0.4) is 0 Å². The van der Waals surface area contributed by atoms with Gasteiger partial charge >= 0.3 is 5.97 Å². The zero-order valence-electron chi connectivity index (χ0n) is 8.33. The quantitative estimate of drug-likeness (QED) is 0.398. The van der Waals surface area contributed by atoms with E-state index in [0.717, 1.165) is 0 Å². The van der Waals surface area contributed by atoms with Gasteiger partial charge in [0.2, 0.25) is 0 Å². The van der Waals surface area contributed by atoms with Crippen LogP contribution in [0.25, 0.3) is 0 Å². The van der Waals surface area contributed by atoms with Crippen molar-refractivity contribution in [1.29, 1.82) is 0 Å². The topological polar surface area (TPSA) is 38.3 Å². The summed E-state index contributed by atoms with van der Waals surface area (Å²) in [5, 5.41) is 3.02. The molecule has 0 radical (unpaired) electrons. The average Bonchev–Trinajstić information content (AvgIpc) is 2.11. The van der Waals surface area contributed by atoms with Gasteiger partial charge in [-0.05, 0) is 13.8 Å². The van der Waals surface area contributed by atoms with E-state index in [2.05, 4.69) is 22.7 Å². The smallest absolute Gasteiger partial charge is 0.323 e. The number of esters is 1. The van der Waals surface area contributed by atoms with Gasteiger partial charge in [0.1, 0.15) is 6.04 Å². The molecule has 3 nitrogen and oxygen atoms in total. The van der Waals surface area contributed by atoms with Gasteiger partial charge < -0.3 is 10.1 Å². The minimum absolute atomic E-state index is 0.267. The van der Waals surface area contributed by atoms with Gasteiger partial charge in [0.15, 0.2) is 0 Å². The fourth-order valence-corrected chi connectivity index (χ4v) is 1.05. The molecule has 13 heavy (non-hydrogen) atoms. The zero-order valence-corrected chi connectivity index (χ0v) is 9.23. The third-order valence-electron chi connectivity index (χ3n) is 1.54. The first kappa shape index (κ1) is 12.5. The van der Waals surface area contributed by atoms with E-state index < -0.39 is 0 Å². The largest absolute Gasteiger partial charge is 0.468 e. The number of thiol groups is 1. The molecule has 0 fully saturated rings. The normalized spacial score (nSPS) is 12.0. The summed E-state index contributed by atoms with van der Waals surface area (Å²) in [5.41, 5.74) is 1.22. The lowest BCUT2D eigenvalue weighted by molar-refractivity contribution is -0.142. The Bertz CT molecular complexity index is 188. The van der Waals surface area contributed by atoms with Crippen LogP contribution in [0.1, 0.15) is 13.8 Å². The van der Waals surface area contributed by atoms with Crippen molar-refractivity contribution >= 4 is 18.6 Å². The van der Waals surface area contributed by atoms with Gasteiger partial charge in [0.05, 0.1) is 7.11 Å². The van der Waals surface area contributed by atoms with Gasteiger partial charge in [-0.25, -0.2) is 0 Å². The van der Waals surface area contributed by atoms with Gasteiger partial charge in [0, 0.05) is 12.3 Å². The first-order valence-electron chi connectivity index (χ1n) is 4.17. The average molecular weight is 203 g/mol. The van der Waals surface area contributed by atoms with Gasteiger partial charge in [-0.2, -0.15) is 12.6 Å².